The third-order valence-corrected chi connectivity index (χ3v) is 5.43. The van der Waals surface area contributed by atoms with E-state index in [0.29, 0.717) is 24.5 Å². The van der Waals surface area contributed by atoms with Crippen LogP contribution in [0.5, 0.6) is 0 Å². The lowest BCUT2D eigenvalue weighted by Gasteiger charge is -2.21. The monoisotopic (exact) mass is 354 g/mol. The summed E-state index contributed by atoms with van der Waals surface area (Å²) >= 11 is 0. The van der Waals surface area contributed by atoms with Crippen molar-refractivity contribution in [2.24, 2.45) is 11.8 Å². The van der Waals surface area contributed by atoms with Crippen LogP contribution in [-0.2, 0) is 16.0 Å². The number of aliphatic hydroxyl groups excluding tert-OH is 1. The maximum Gasteiger partial charge on any atom is 0.166 e. The van der Waals surface area contributed by atoms with Crippen LogP contribution in [0.25, 0.3) is 0 Å². The fourth-order valence-corrected chi connectivity index (χ4v) is 3.74. The molecule has 0 amide bonds. The maximum absolute atomic E-state index is 13.2. The van der Waals surface area contributed by atoms with Crippen LogP contribution in [-0.4, -0.2) is 17.5 Å². The van der Waals surface area contributed by atoms with Crippen molar-refractivity contribution in [1.29, 1.82) is 0 Å². The summed E-state index contributed by atoms with van der Waals surface area (Å²) in [4.78, 5) is 13.0. The van der Waals surface area contributed by atoms with E-state index in [9.17, 15) is 14.3 Å². The summed E-state index contributed by atoms with van der Waals surface area (Å²) in [5.41, 5.74) is 2.71. The number of halogens is 1. The number of ketones is 1. The highest BCUT2D eigenvalue weighted by Crippen LogP contribution is 2.39. The van der Waals surface area contributed by atoms with E-state index in [1.54, 1.807) is 12.1 Å². The molecule has 0 aliphatic heterocycles. The molecule has 0 bridgehead atoms. The molecule has 4 rings (SSSR count). The molecule has 2 aliphatic carbocycles. The predicted molar refractivity (Wildman–Crippen MR) is 96.0 cm³/mol. The molecule has 0 spiro atoms. The smallest absolute Gasteiger partial charge is 0.166 e. The van der Waals surface area contributed by atoms with Gasteiger partial charge in [0.05, 0.1) is 12.7 Å². The first-order valence-electron chi connectivity index (χ1n) is 9.27. The molecule has 0 radical (unpaired) electrons. The largest absolute Gasteiger partial charge is 0.388 e. The normalized spacial score (nSPS) is 22.8. The first-order chi connectivity index (χ1) is 12.6. The van der Waals surface area contributed by atoms with Gasteiger partial charge in [-0.3, -0.25) is 4.79 Å². The number of Topliss-reactive ketones (excluding diaryl/α,β-unsaturated/α-hetero) is 1. The number of aliphatic hydroxyl groups is 1. The van der Waals surface area contributed by atoms with Gasteiger partial charge in [-0.25, -0.2) is 4.39 Å². The Kier molecular flexibility index (Phi) is 4.88. The van der Waals surface area contributed by atoms with Gasteiger partial charge in [0.2, 0.25) is 0 Å². The summed E-state index contributed by atoms with van der Waals surface area (Å²) < 4.78 is 19.2. The van der Waals surface area contributed by atoms with Crippen molar-refractivity contribution in [2.45, 2.75) is 37.9 Å². The fourth-order valence-electron chi connectivity index (χ4n) is 3.74. The van der Waals surface area contributed by atoms with Gasteiger partial charge in [0.15, 0.2) is 5.78 Å². The van der Waals surface area contributed by atoms with Gasteiger partial charge in [-0.05, 0) is 54.0 Å². The highest BCUT2D eigenvalue weighted by Gasteiger charge is 2.35. The Bertz CT molecular complexity index is 782. The van der Waals surface area contributed by atoms with Crippen molar-refractivity contribution in [1.82, 2.24) is 0 Å². The van der Waals surface area contributed by atoms with Gasteiger partial charge in [0.1, 0.15) is 11.9 Å². The van der Waals surface area contributed by atoms with Crippen molar-refractivity contribution in [2.75, 3.05) is 6.61 Å². The summed E-state index contributed by atoms with van der Waals surface area (Å²) in [5, 5.41) is 10.6. The van der Waals surface area contributed by atoms with E-state index in [-0.39, 0.29) is 23.9 Å². The summed E-state index contributed by atoms with van der Waals surface area (Å²) in [5.74, 6) is 0.0253. The van der Waals surface area contributed by atoms with Gasteiger partial charge < -0.3 is 9.84 Å². The minimum Gasteiger partial charge on any atom is -0.388 e. The summed E-state index contributed by atoms with van der Waals surface area (Å²) in [6.45, 7) is 0.557. The van der Waals surface area contributed by atoms with E-state index in [1.807, 2.05) is 24.3 Å². The van der Waals surface area contributed by atoms with Gasteiger partial charge in [-0.1, -0.05) is 36.4 Å². The molecule has 136 valence electrons. The van der Waals surface area contributed by atoms with Crippen LogP contribution in [0.15, 0.2) is 48.5 Å². The Balaban J connectivity index is 1.48. The van der Waals surface area contributed by atoms with Crippen LogP contribution in [0.3, 0.4) is 0 Å². The lowest BCUT2D eigenvalue weighted by molar-refractivity contribution is -0.133. The van der Waals surface area contributed by atoms with E-state index < -0.39 is 12.2 Å². The first-order valence-corrected chi connectivity index (χ1v) is 9.27. The van der Waals surface area contributed by atoms with E-state index in [4.69, 9.17) is 4.74 Å². The van der Waals surface area contributed by atoms with Gasteiger partial charge in [-0.15, -0.1) is 0 Å². The predicted octanol–water partition coefficient (Wildman–Crippen LogP) is 4.16. The van der Waals surface area contributed by atoms with Gasteiger partial charge in [0.25, 0.3) is 0 Å². The van der Waals surface area contributed by atoms with Gasteiger partial charge in [-0.2, -0.15) is 0 Å². The van der Waals surface area contributed by atoms with Crippen molar-refractivity contribution in [3.63, 3.8) is 0 Å². The van der Waals surface area contributed by atoms with Crippen molar-refractivity contribution < 1.29 is 19.0 Å². The second-order valence-electron chi connectivity index (χ2n) is 7.49. The Morgan fingerprint density at radius 3 is 2.58 bits per heavy atom. The molecule has 3 atom stereocenters. The molecule has 0 saturated heterocycles. The lowest BCUT2D eigenvalue weighted by atomic mass is 9.92. The number of ether oxygens (including phenoxy) is 1. The van der Waals surface area contributed by atoms with Crippen molar-refractivity contribution in [3.8, 4) is 0 Å². The quantitative estimate of drug-likeness (QED) is 0.812. The molecule has 3 unspecified atom stereocenters. The molecular weight excluding hydrogens is 331 g/mol. The van der Waals surface area contributed by atoms with Crippen LogP contribution in [0.1, 0.15) is 48.2 Å². The average molecular weight is 354 g/mol. The van der Waals surface area contributed by atoms with Crippen LogP contribution in [0, 0.1) is 17.7 Å². The number of carbonyl (C=O) groups is 1. The number of benzene rings is 2. The Morgan fingerprint density at radius 2 is 1.88 bits per heavy atom. The molecular formula is C22H23FO3. The molecule has 0 heterocycles. The van der Waals surface area contributed by atoms with Crippen molar-refractivity contribution >= 4 is 5.78 Å². The molecule has 2 aromatic rings. The zero-order chi connectivity index (χ0) is 18.1. The van der Waals surface area contributed by atoms with Crippen LogP contribution in [0.4, 0.5) is 4.39 Å². The number of carbonyl (C=O) groups excluding carboxylic acids is 1. The summed E-state index contributed by atoms with van der Waals surface area (Å²) in [6, 6.07) is 13.7. The second kappa shape index (κ2) is 7.29. The van der Waals surface area contributed by atoms with E-state index >= 15 is 0 Å². The van der Waals surface area contributed by atoms with Crippen molar-refractivity contribution in [3.05, 3.63) is 71.0 Å². The summed E-state index contributed by atoms with van der Waals surface area (Å²) in [7, 11) is 0. The number of rotatable bonds is 7. The maximum atomic E-state index is 13.2. The minimum absolute atomic E-state index is 0.0471. The topological polar surface area (TPSA) is 46.5 Å². The van der Waals surface area contributed by atoms with Crippen LogP contribution < -0.4 is 0 Å². The number of hydrogen-bond donors (Lipinski definition) is 1. The highest BCUT2D eigenvalue weighted by molar-refractivity contribution is 5.84. The zero-order valence-corrected chi connectivity index (χ0v) is 14.6. The number of hydrogen-bond acceptors (Lipinski definition) is 3. The molecule has 1 saturated carbocycles. The Morgan fingerprint density at radius 1 is 1.15 bits per heavy atom. The molecule has 1 N–H and O–H groups in total. The highest BCUT2D eigenvalue weighted by atomic mass is 19.1. The van der Waals surface area contributed by atoms with E-state index in [1.165, 1.54) is 12.1 Å². The second-order valence-corrected chi connectivity index (χ2v) is 7.49. The molecule has 2 aliphatic rings. The average Bonchev–Trinajstić information content (AvgIpc) is 3.42. The first kappa shape index (κ1) is 17.4. The van der Waals surface area contributed by atoms with Gasteiger partial charge in [0, 0.05) is 12.3 Å². The molecule has 26 heavy (non-hydrogen) atoms. The zero-order valence-electron chi connectivity index (χ0n) is 14.6. The van der Waals surface area contributed by atoms with E-state index in [2.05, 4.69) is 0 Å². The van der Waals surface area contributed by atoms with Crippen LogP contribution in [0.2, 0.25) is 0 Å². The summed E-state index contributed by atoms with van der Waals surface area (Å²) in [6.07, 6.45) is 1.92. The fraction of sp³-hybridized carbons (Fsp3) is 0.409. The third-order valence-electron chi connectivity index (χ3n) is 5.43. The van der Waals surface area contributed by atoms with Crippen LogP contribution >= 0.6 is 0 Å². The van der Waals surface area contributed by atoms with Gasteiger partial charge >= 0.3 is 0 Å². The Hall–Kier alpha value is -2.04. The lowest BCUT2D eigenvalue weighted by Crippen LogP contribution is -2.22. The Labute approximate surface area is 152 Å². The molecule has 1 fully saturated rings. The van der Waals surface area contributed by atoms with E-state index in [0.717, 1.165) is 24.0 Å². The standard InChI is InChI=1S/C22H23FO3/c23-18-9-7-15(8-10-18)22(26-13-14-5-6-14)20(24)12-17-11-16-3-1-2-4-19(16)21(17)25/h1-4,7-10,14,17,21-22,25H,5-6,11-13H2. The minimum atomic E-state index is -0.688. The molecule has 4 heteroatoms. The SMILES string of the molecule is O=C(CC1Cc2ccccc2C1O)C(OCC1CC1)c1ccc(F)cc1. The third kappa shape index (κ3) is 3.71. The number of fused-ring (bicyclic) bond motifs is 1. The molecule has 0 aromatic heterocycles. The molecule has 3 nitrogen and oxygen atoms in total. The molecule has 2 aromatic carbocycles.